The molecule has 17 heavy (non-hydrogen) atoms. The van der Waals surface area contributed by atoms with Crippen LogP contribution in [0, 0.1) is 6.92 Å². The van der Waals surface area contributed by atoms with Crippen LogP contribution in [0.15, 0.2) is 16.7 Å². The molecule has 1 fully saturated rings. The molecule has 1 aliphatic carbocycles. The number of hydrogen-bond donors (Lipinski definition) is 1. The molecule has 2 unspecified atom stereocenters. The average Bonchev–Trinajstić information content (AvgIpc) is 2.32. The lowest BCUT2D eigenvalue weighted by Gasteiger charge is -2.37. The van der Waals surface area contributed by atoms with Crippen molar-refractivity contribution in [1.82, 2.24) is 4.98 Å². The van der Waals surface area contributed by atoms with E-state index in [9.17, 15) is 0 Å². The lowest BCUT2D eigenvalue weighted by Crippen LogP contribution is -2.48. The Labute approximate surface area is 112 Å². The normalized spacial score (nSPS) is 24.7. The number of hydrogen-bond acceptors (Lipinski definition) is 3. The number of nitrogens with two attached hydrogens (primary N) is 1. The summed E-state index contributed by atoms with van der Waals surface area (Å²) in [7, 11) is 2.10. The van der Waals surface area contributed by atoms with Crippen molar-refractivity contribution in [2.24, 2.45) is 5.73 Å². The molecule has 94 valence electrons. The fourth-order valence-electron chi connectivity index (χ4n) is 2.55. The van der Waals surface area contributed by atoms with Crippen LogP contribution >= 0.6 is 15.9 Å². The van der Waals surface area contributed by atoms with Crippen molar-refractivity contribution in [3.63, 3.8) is 0 Å². The third-order valence-electron chi connectivity index (χ3n) is 3.68. The number of aromatic nitrogens is 1. The molecule has 1 aliphatic rings. The molecule has 2 atom stereocenters. The van der Waals surface area contributed by atoms with E-state index in [0.29, 0.717) is 6.04 Å². The molecule has 0 spiro atoms. The smallest absolute Gasteiger partial charge is 0.143 e. The Morgan fingerprint density at radius 2 is 2.12 bits per heavy atom. The van der Waals surface area contributed by atoms with Gasteiger partial charge in [0.1, 0.15) is 5.82 Å². The topological polar surface area (TPSA) is 42.2 Å². The summed E-state index contributed by atoms with van der Waals surface area (Å²) in [6.07, 6.45) is 6.68. The highest BCUT2D eigenvalue weighted by Crippen LogP contribution is 2.30. The van der Waals surface area contributed by atoms with E-state index in [1.54, 1.807) is 0 Å². The maximum absolute atomic E-state index is 6.22. The van der Waals surface area contributed by atoms with Gasteiger partial charge in [-0.3, -0.25) is 0 Å². The molecule has 0 bridgehead atoms. The van der Waals surface area contributed by atoms with Crippen LogP contribution in [0.5, 0.6) is 0 Å². The fraction of sp³-hybridized carbons (Fsp3) is 0.615. The van der Waals surface area contributed by atoms with Gasteiger partial charge in [0, 0.05) is 25.3 Å². The molecule has 0 saturated heterocycles. The Kier molecular flexibility index (Phi) is 4.05. The second kappa shape index (κ2) is 5.36. The Morgan fingerprint density at radius 1 is 1.41 bits per heavy atom. The Morgan fingerprint density at radius 3 is 2.82 bits per heavy atom. The van der Waals surface area contributed by atoms with Crippen LogP contribution in [0.25, 0.3) is 0 Å². The summed E-state index contributed by atoms with van der Waals surface area (Å²) in [6.45, 7) is 2.09. The van der Waals surface area contributed by atoms with Crippen molar-refractivity contribution in [2.75, 3.05) is 11.9 Å². The number of anilines is 1. The van der Waals surface area contributed by atoms with Crippen LogP contribution in [0.3, 0.4) is 0 Å². The number of pyridine rings is 1. The van der Waals surface area contributed by atoms with E-state index in [1.807, 2.05) is 12.3 Å². The lowest BCUT2D eigenvalue weighted by molar-refractivity contribution is 0.372. The predicted molar refractivity (Wildman–Crippen MR) is 75.3 cm³/mol. The van der Waals surface area contributed by atoms with Crippen molar-refractivity contribution >= 4 is 21.7 Å². The van der Waals surface area contributed by atoms with Gasteiger partial charge in [0.05, 0.1) is 4.47 Å². The van der Waals surface area contributed by atoms with Crippen LogP contribution < -0.4 is 10.6 Å². The van der Waals surface area contributed by atoms with Gasteiger partial charge in [-0.1, -0.05) is 12.8 Å². The molecule has 1 heterocycles. The second-order valence-electron chi connectivity index (χ2n) is 4.89. The first-order chi connectivity index (χ1) is 8.11. The van der Waals surface area contributed by atoms with Crippen LogP contribution in [-0.2, 0) is 0 Å². The maximum atomic E-state index is 6.22. The highest BCUT2D eigenvalue weighted by atomic mass is 79.9. The van der Waals surface area contributed by atoms with Gasteiger partial charge in [-0.2, -0.15) is 0 Å². The van der Waals surface area contributed by atoms with E-state index < -0.39 is 0 Å². The fourth-order valence-corrected chi connectivity index (χ4v) is 3.06. The number of halogens is 1. The molecule has 2 N–H and O–H groups in total. The van der Waals surface area contributed by atoms with Gasteiger partial charge in [0.25, 0.3) is 0 Å². The molecule has 0 amide bonds. The SMILES string of the molecule is Cc1ccnc(N(C)C2CCCCC2N)c1Br. The standard InChI is InChI=1S/C13H20BrN3/c1-9-7-8-16-13(12(9)14)17(2)11-6-4-3-5-10(11)15/h7-8,10-11H,3-6,15H2,1-2H3. The van der Waals surface area contributed by atoms with Gasteiger partial charge in [-0.25, -0.2) is 4.98 Å². The molecule has 1 saturated carbocycles. The lowest BCUT2D eigenvalue weighted by atomic mass is 9.90. The summed E-state index contributed by atoms with van der Waals surface area (Å²) in [6, 6.07) is 2.69. The van der Waals surface area contributed by atoms with Crippen molar-refractivity contribution in [3.8, 4) is 0 Å². The second-order valence-corrected chi connectivity index (χ2v) is 5.69. The molecular formula is C13H20BrN3. The Balaban J connectivity index is 2.23. The van der Waals surface area contributed by atoms with Crippen LogP contribution in [0.4, 0.5) is 5.82 Å². The van der Waals surface area contributed by atoms with Gasteiger partial charge in [-0.05, 0) is 47.3 Å². The molecular weight excluding hydrogens is 278 g/mol. The van der Waals surface area contributed by atoms with Crippen molar-refractivity contribution in [2.45, 2.75) is 44.7 Å². The van der Waals surface area contributed by atoms with Crippen LogP contribution in [-0.4, -0.2) is 24.1 Å². The van der Waals surface area contributed by atoms with E-state index in [0.717, 1.165) is 16.7 Å². The predicted octanol–water partition coefficient (Wildman–Crippen LogP) is 2.86. The first kappa shape index (κ1) is 12.8. The minimum absolute atomic E-state index is 0.267. The number of rotatable bonds is 2. The summed E-state index contributed by atoms with van der Waals surface area (Å²) >= 11 is 3.62. The number of nitrogens with zero attached hydrogens (tertiary/aromatic N) is 2. The minimum atomic E-state index is 0.267. The van der Waals surface area contributed by atoms with Crippen LogP contribution in [0.2, 0.25) is 0 Å². The zero-order valence-corrected chi connectivity index (χ0v) is 12.1. The number of aryl methyl sites for hydroxylation is 1. The van der Waals surface area contributed by atoms with E-state index in [-0.39, 0.29) is 6.04 Å². The molecule has 2 rings (SSSR count). The molecule has 3 nitrogen and oxygen atoms in total. The Hall–Kier alpha value is -0.610. The van der Waals surface area contributed by atoms with Gasteiger partial charge in [-0.15, -0.1) is 0 Å². The van der Waals surface area contributed by atoms with Crippen molar-refractivity contribution < 1.29 is 0 Å². The highest BCUT2D eigenvalue weighted by molar-refractivity contribution is 9.10. The first-order valence-corrected chi connectivity index (χ1v) is 7.00. The zero-order chi connectivity index (χ0) is 12.4. The first-order valence-electron chi connectivity index (χ1n) is 6.20. The van der Waals surface area contributed by atoms with Crippen molar-refractivity contribution in [1.29, 1.82) is 0 Å². The molecule has 0 aromatic carbocycles. The van der Waals surface area contributed by atoms with E-state index >= 15 is 0 Å². The summed E-state index contributed by atoms with van der Waals surface area (Å²) in [5.41, 5.74) is 7.43. The minimum Gasteiger partial charge on any atom is -0.354 e. The number of likely N-dealkylation sites (N-methyl/N-ethyl adjacent to an activating group) is 1. The molecule has 0 radical (unpaired) electrons. The zero-order valence-electron chi connectivity index (χ0n) is 10.5. The highest BCUT2D eigenvalue weighted by Gasteiger charge is 2.27. The van der Waals surface area contributed by atoms with Gasteiger partial charge in [0.15, 0.2) is 0 Å². The average molecular weight is 298 g/mol. The van der Waals surface area contributed by atoms with E-state index in [2.05, 4.69) is 39.8 Å². The molecule has 4 heteroatoms. The quantitative estimate of drug-likeness (QED) is 0.913. The summed E-state index contributed by atoms with van der Waals surface area (Å²) in [5.74, 6) is 1.01. The van der Waals surface area contributed by atoms with Gasteiger partial charge < -0.3 is 10.6 Å². The third kappa shape index (κ3) is 2.63. The Bertz CT molecular complexity index is 394. The molecule has 1 aromatic rings. The largest absolute Gasteiger partial charge is 0.354 e. The summed E-state index contributed by atoms with van der Waals surface area (Å²) < 4.78 is 1.08. The van der Waals surface area contributed by atoms with Crippen molar-refractivity contribution in [3.05, 3.63) is 22.3 Å². The summed E-state index contributed by atoms with van der Waals surface area (Å²) in [5, 5.41) is 0. The monoisotopic (exact) mass is 297 g/mol. The molecule has 0 aliphatic heterocycles. The van der Waals surface area contributed by atoms with E-state index in [1.165, 1.54) is 24.8 Å². The third-order valence-corrected chi connectivity index (χ3v) is 4.66. The molecule has 1 aromatic heterocycles. The van der Waals surface area contributed by atoms with Crippen LogP contribution in [0.1, 0.15) is 31.2 Å². The maximum Gasteiger partial charge on any atom is 0.143 e. The summed E-state index contributed by atoms with van der Waals surface area (Å²) in [4.78, 5) is 6.71. The van der Waals surface area contributed by atoms with Gasteiger partial charge >= 0.3 is 0 Å². The van der Waals surface area contributed by atoms with Gasteiger partial charge in [0.2, 0.25) is 0 Å². The van der Waals surface area contributed by atoms with E-state index in [4.69, 9.17) is 5.73 Å².